The van der Waals surface area contributed by atoms with Crippen LogP contribution in [0.3, 0.4) is 0 Å². The van der Waals surface area contributed by atoms with Gasteiger partial charge in [0, 0.05) is 12.1 Å². The molecule has 0 spiro atoms. The van der Waals surface area contributed by atoms with Crippen LogP contribution in [0, 0.1) is 11.8 Å². The Morgan fingerprint density at radius 2 is 1.79 bits per heavy atom. The van der Waals surface area contributed by atoms with Crippen LogP contribution in [-0.2, 0) is 4.79 Å². The van der Waals surface area contributed by atoms with Crippen molar-refractivity contribution >= 4 is 12.0 Å². The van der Waals surface area contributed by atoms with E-state index in [2.05, 4.69) is 17.6 Å². The van der Waals surface area contributed by atoms with E-state index < -0.39 is 5.97 Å². The molecule has 2 fully saturated rings. The summed E-state index contributed by atoms with van der Waals surface area (Å²) in [6.07, 6.45) is 6.66. The fourth-order valence-electron chi connectivity index (χ4n) is 3.26. The lowest BCUT2D eigenvalue weighted by Gasteiger charge is -2.30. The highest BCUT2D eigenvalue weighted by atomic mass is 16.4. The van der Waals surface area contributed by atoms with Crippen LogP contribution in [0.4, 0.5) is 4.79 Å². The van der Waals surface area contributed by atoms with Crippen molar-refractivity contribution in [3.05, 3.63) is 0 Å². The summed E-state index contributed by atoms with van der Waals surface area (Å²) in [7, 11) is 0. The van der Waals surface area contributed by atoms with Crippen molar-refractivity contribution in [2.24, 2.45) is 11.8 Å². The standard InChI is InChI=1S/C14H24N2O3/c1-9-4-2-3-5-12(9)16-14(19)15-11-7-6-10(8-11)13(17)18/h9-12H,2-8H2,1H3,(H,17,18)(H2,15,16,19)/t9?,10-,11+,12?/m1/s1. The second-order valence-corrected chi connectivity index (χ2v) is 6.03. The highest BCUT2D eigenvalue weighted by Crippen LogP contribution is 2.26. The van der Waals surface area contributed by atoms with Gasteiger partial charge >= 0.3 is 12.0 Å². The third-order valence-corrected chi connectivity index (χ3v) is 4.55. The lowest BCUT2D eigenvalue weighted by molar-refractivity contribution is -0.141. The third kappa shape index (κ3) is 3.85. The van der Waals surface area contributed by atoms with E-state index in [1.165, 1.54) is 19.3 Å². The SMILES string of the molecule is CC1CCCCC1NC(=O)N[C@H]1CC[C@@H](C(=O)O)C1. The van der Waals surface area contributed by atoms with Crippen LogP contribution in [0.2, 0.25) is 0 Å². The minimum Gasteiger partial charge on any atom is -0.481 e. The van der Waals surface area contributed by atoms with Crippen LogP contribution in [0.15, 0.2) is 0 Å². The number of hydrogen-bond acceptors (Lipinski definition) is 2. The Kier molecular flexibility index (Phi) is 4.66. The predicted octanol–water partition coefficient (Wildman–Crippen LogP) is 2.12. The number of hydrogen-bond donors (Lipinski definition) is 3. The quantitative estimate of drug-likeness (QED) is 0.733. The number of carbonyl (C=O) groups excluding carboxylic acids is 1. The van der Waals surface area contributed by atoms with E-state index in [1.807, 2.05) is 0 Å². The number of urea groups is 1. The van der Waals surface area contributed by atoms with Crippen molar-refractivity contribution in [2.45, 2.75) is 64.0 Å². The summed E-state index contributed by atoms with van der Waals surface area (Å²) in [6, 6.07) is 0.153. The van der Waals surface area contributed by atoms with Crippen molar-refractivity contribution in [1.82, 2.24) is 10.6 Å². The fraction of sp³-hybridized carbons (Fsp3) is 0.857. The molecule has 3 N–H and O–H groups in total. The highest BCUT2D eigenvalue weighted by molar-refractivity contribution is 5.75. The van der Waals surface area contributed by atoms with Crippen molar-refractivity contribution in [2.75, 3.05) is 0 Å². The first-order valence-corrected chi connectivity index (χ1v) is 7.36. The monoisotopic (exact) mass is 268 g/mol. The van der Waals surface area contributed by atoms with Crippen molar-refractivity contribution in [3.8, 4) is 0 Å². The molecule has 0 bridgehead atoms. The molecular weight excluding hydrogens is 244 g/mol. The largest absolute Gasteiger partial charge is 0.481 e. The van der Waals surface area contributed by atoms with E-state index in [9.17, 15) is 9.59 Å². The molecule has 0 aromatic carbocycles. The molecule has 0 aromatic heterocycles. The average Bonchev–Trinajstić information content (AvgIpc) is 2.80. The fourth-order valence-corrected chi connectivity index (χ4v) is 3.26. The molecule has 19 heavy (non-hydrogen) atoms. The molecule has 0 aliphatic heterocycles. The van der Waals surface area contributed by atoms with E-state index in [1.54, 1.807) is 0 Å². The van der Waals surface area contributed by atoms with Gasteiger partial charge in [-0.2, -0.15) is 0 Å². The molecule has 2 aliphatic rings. The van der Waals surface area contributed by atoms with Crippen LogP contribution >= 0.6 is 0 Å². The summed E-state index contributed by atoms with van der Waals surface area (Å²) in [4.78, 5) is 22.8. The number of amides is 2. The number of carboxylic acid groups (broad SMARTS) is 1. The van der Waals surface area contributed by atoms with E-state index >= 15 is 0 Å². The van der Waals surface area contributed by atoms with Crippen molar-refractivity contribution < 1.29 is 14.7 Å². The molecule has 2 amide bonds. The van der Waals surface area contributed by atoms with Gasteiger partial charge in [0.1, 0.15) is 0 Å². The van der Waals surface area contributed by atoms with Gasteiger partial charge in [-0.1, -0.05) is 19.8 Å². The molecule has 2 saturated carbocycles. The molecule has 2 rings (SSSR count). The molecule has 0 saturated heterocycles. The zero-order valence-corrected chi connectivity index (χ0v) is 11.5. The van der Waals surface area contributed by atoms with Crippen LogP contribution in [0.1, 0.15) is 51.9 Å². The second kappa shape index (κ2) is 6.26. The molecule has 0 radical (unpaired) electrons. The smallest absolute Gasteiger partial charge is 0.315 e. The first-order chi connectivity index (χ1) is 9.06. The molecular formula is C14H24N2O3. The summed E-state index contributed by atoms with van der Waals surface area (Å²) in [5.74, 6) is -0.501. The normalized spacial score (nSPS) is 34.8. The molecule has 5 heteroatoms. The second-order valence-electron chi connectivity index (χ2n) is 6.03. The first kappa shape index (κ1) is 14.2. The Labute approximate surface area is 114 Å². The van der Waals surface area contributed by atoms with Crippen LogP contribution in [0.5, 0.6) is 0 Å². The topological polar surface area (TPSA) is 78.4 Å². The molecule has 2 unspecified atom stereocenters. The predicted molar refractivity (Wildman–Crippen MR) is 71.9 cm³/mol. The van der Waals surface area contributed by atoms with E-state index in [-0.39, 0.29) is 24.0 Å². The Hall–Kier alpha value is -1.26. The summed E-state index contributed by atoms with van der Waals surface area (Å²) < 4.78 is 0. The zero-order chi connectivity index (χ0) is 13.8. The molecule has 5 nitrogen and oxygen atoms in total. The van der Waals surface area contributed by atoms with Gasteiger partial charge in [0.15, 0.2) is 0 Å². The summed E-state index contributed by atoms with van der Waals surface area (Å²) >= 11 is 0. The Morgan fingerprint density at radius 1 is 1.05 bits per heavy atom. The maximum absolute atomic E-state index is 11.9. The number of rotatable bonds is 3. The van der Waals surface area contributed by atoms with Crippen LogP contribution in [-0.4, -0.2) is 29.2 Å². The van der Waals surface area contributed by atoms with Crippen LogP contribution < -0.4 is 10.6 Å². The van der Waals surface area contributed by atoms with Crippen LogP contribution in [0.25, 0.3) is 0 Å². The number of carboxylic acids is 1. The van der Waals surface area contributed by atoms with Gasteiger partial charge in [0.05, 0.1) is 5.92 Å². The average molecular weight is 268 g/mol. The minimum atomic E-state index is -0.745. The van der Waals surface area contributed by atoms with Gasteiger partial charge in [-0.05, 0) is 38.0 Å². The Balaban J connectivity index is 1.74. The molecule has 0 heterocycles. The number of aliphatic carboxylic acids is 1. The van der Waals surface area contributed by atoms with Gasteiger partial charge < -0.3 is 15.7 Å². The Bertz CT molecular complexity index is 346. The van der Waals surface area contributed by atoms with Gasteiger partial charge in [-0.25, -0.2) is 4.79 Å². The molecule has 4 atom stereocenters. The maximum atomic E-state index is 11.9. The number of nitrogens with one attached hydrogen (secondary N) is 2. The Morgan fingerprint density at radius 3 is 2.42 bits per heavy atom. The molecule has 2 aliphatic carbocycles. The van der Waals surface area contributed by atoms with Gasteiger partial charge in [-0.15, -0.1) is 0 Å². The lowest BCUT2D eigenvalue weighted by atomic mass is 9.86. The summed E-state index contributed by atoms with van der Waals surface area (Å²) in [5, 5.41) is 14.9. The maximum Gasteiger partial charge on any atom is 0.315 e. The van der Waals surface area contributed by atoms with Crippen molar-refractivity contribution in [3.63, 3.8) is 0 Å². The minimum absolute atomic E-state index is 0.0139. The third-order valence-electron chi connectivity index (χ3n) is 4.55. The molecule has 108 valence electrons. The van der Waals surface area contributed by atoms with Gasteiger partial charge in [0.25, 0.3) is 0 Å². The zero-order valence-electron chi connectivity index (χ0n) is 11.5. The highest BCUT2D eigenvalue weighted by Gasteiger charge is 2.31. The van der Waals surface area contributed by atoms with E-state index in [0.29, 0.717) is 18.8 Å². The van der Waals surface area contributed by atoms with E-state index in [4.69, 9.17) is 5.11 Å². The van der Waals surface area contributed by atoms with Crippen molar-refractivity contribution in [1.29, 1.82) is 0 Å². The first-order valence-electron chi connectivity index (χ1n) is 7.36. The number of carbonyl (C=O) groups is 2. The molecule has 0 aromatic rings. The van der Waals surface area contributed by atoms with Gasteiger partial charge in [-0.3, -0.25) is 4.79 Å². The summed E-state index contributed by atoms with van der Waals surface area (Å²) in [6.45, 7) is 2.18. The van der Waals surface area contributed by atoms with E-state index in [0.717, 1.165) is 12.8 Å². The van der Waals surface area contributed by atoms with Gasteiger partial charge in [0.2, 0.25) is 0 Å². The summed E-state index contributed by atoms with van der Waals surface area (Å²) in [5.41, 5.74) is 0. The lowest BCUT2D eigenvalue weighted by Crippen LogP contribution is -2.48.